The van der Waals surface area contributed by atoms with E-state index in [0.29, 0.717) is 0 Å². The van der Waals surface area contributed by atoms with Gasteiger partial charge >= 0.3 is 37.8 Å². The zero-order valence-electron chi connectivity index (χ0n) is 7.58. The summed E-state index contributed by atoms with van der Waals surface area (Å²) in [7, 11) is -2.87. The first-order valence-electron chi connectivity index (χ1n) is 2.43. The van der Waals surface area contributed by atoms with Crippen LogP contribution in [-0.4, -0.2) is 20.2 Å². The topological polar surface area (TPSA) is 102 Å². The first-order valence-corrected chi connectivity index (χ1v) is 3.60. The maximum absolute atomic E-state index is 8.70. The number of aromatic nitrogens is 1. The van der Waals surface area contributed by atoms with E-state index in [2.05, 4.69) is 4.98 Å². The molecule has 0 aliphatic rings. The van der Waals surface area contributed by atoms with Crippen molar-refractivity contribution >= 4 is 8.25 Å². The van der Waals surface area contributed by atoms with Crippen LogP contribution in [0.2, 0.25) is 0 Å². The Kier molecular flexibility index (Phi) is 20.6. The van der Waals surface area contributed by atoms with E-state index in [-0.39, 0.29) is 36.5 Å². The standard InChI is InChI=1S/C5H5N.Na.HO3P.H2O.H/c1-2-4-6-5-3-1;;1-4(2)3;;/h1-5H;;(H-,1,2,3);1H2;/q;+1;;;-1/p+1. The summed E-state index contributed by atoms with van der Waals surface area (Å²) < 4.78 is 8.70. The Bertz CT molecular complexity index is 160. The van der Waals surface area contributed by atoms with E-state index in [0.717, 1.165) is 0 Å². The van der Waals surface area contributed by atoms with E-state index >= 15 is 0 Å². The molecule has 1 aromatic heterocycles. The molecule has 0 saturated carbocycles. The van der Waals surface area contributed by atoms with Gasteiger partial charge in [-0.15, -0.1) is 9.79 Å². The largest absolute Gasteiger partial charge is 1.00 e. The Morgan fingerprint density at radius 3 is 1.58 bits per heavy atom. The summed E-state index contributed by atoms with van der Waals surface area (Å²) in [6.07, 6.45) is 3.50. The van der Waals surface area contributed by atoms with Gasteiger partial charge in [-0.2, -0.15) is 0 Å². The summed E-state index contributed by atoms with van der Waals surface area (Å²) in [5.74, 6) is 0. The Labute approximate surface area is 94.5 Å². The maximum atomic E-state index is 8.70. The van der Waals surface area contributed by atoms with Crippen LogP contribution in [0.25, 0.3) is 0 Å². The molecular weight excluding hydrogens is 192 g/mol. The van der Waals surface area contributed by atoms with Crippen molar-refractivity contribution < 1.29 is 50.8 Å². The predicted octanol–water partition coefficient (Wildman–Crippen LogP) is -3.00. The first kappa shape index (κ1) is 18.0. The number of pyridine rings is 1. The van der Waals surface area contributed by atoms with Gasteiger partial charge in [0.2, 0.25) is 0 Å². The molecule has 0 unspecified atom stereocenters. The van der Waals surface area contributed by atoms with Gasteiger partial charge in [-0.3, -0.25) is 4.98 Å². The summed E-state index contributed by atoms with van der Waals surface area (Å²) in [4.78, 5) is 18.0. The fraction of sp³-hybridized carbons (Fsp3) is 0. The van der Waals surface area contributed by atoms with Crippen molar-refractivity contribution in [1.29, 1.82) is 0 Å². The van der Waals surface area contributed by atoms with Crippen molar-refractivity contribution in [3.63, 3.8) is 0 Å². The van der Waals surface area contributed by atoms with Crippen LogP contribution in [0.3, 0.4) is 0 Å². The van der Waals surface area contributed by atoms with Crippen LogP contribution in [0.4, 0.5) is 0 Å². The third-order valence-corrected chi connectivity index (χ3v) is 0.566. The molecule has 0 amide bonds. The van der Waals surface area contributed by atoms with E-state index in [9.17, 15) is 0 Å². The van der Waals surface area contributed by atoms with E-state index in [1.165, 1.54) is 0 Å². The minimum atomic E-state index is -2.87. The second-order valence-corrected chi connectivity index (χ2v) is 1.78. The molecule has 5 nitrogen and oxygen atoms in total. The third-order valence-electron chi connectivity index (χ3n) is 0.566. The van der Waals surface area contributed by atoms with Gasteiger partial charge in [0, 0.05) is 17.0 Å². The molecular formula is C5H10NNaO4P+. The second kappa shape index (κ2) is 13.7. The van der Waals surface area contributed by atoms with Crippen LogP contribution >= 0.6 is 8.25 Å². The summed E-state index contributed by atoms with van der Waals surface area (Å²) in [5.41, 5.74) is 0. The molecule has 12 heavy (non-hydrogen) atoms. The molecule has 0 bridgehead atoms. The van der Waals surface area contributed by atoms with Gasteiger partial charge in [0.15, 0.2) is 0 Å². The van der Waals surface area contributed by atoms with Gasteiger partial charge < -0.3 is 6.90 Å². The zero-order valence-corrected chi connectivity index (χ0v) is 9.48. The van der Waals surface area contributed by atoms with Crippen LogP contribution in [0.1, 0.15) is 1.43 Å². The van der Waals surface area contributed by atoms with Gasteiger partial charge in [0.25, 0.3) is 0 Å². The van der Waals surface area contributed by atoms with Crippen LogP contribution < -0.4 is 29.6 Å². The molecule has 0 radical (unpaired) electrons. The Balaban J connectivity index is -0.0000000536. The predicted molar refractivity (Wildman–Crippen MR) is 41.0 cm³/mol. The van der Waals surface area contributed by atoms with Gasteiger partial charge in [0.1, 0.15) is 0 Å². The average molecular weight is 202 g/mol. The molecule has 0 spiro atoms. The second-order valence-electron chi connectivity index (χ2n) is 1.28. The number of rotatable bonds is 0. The monoisotopic (exact) mass is 202 g/mol. The van der Waals surface area contributed by atoms with Crippen molar-refractivity contribution in [2.75, 3.05) is 0 Å². The number of hydrogen-bond acceptors (Lipinski definition) is 2. The minimum Gasteiger partial charge on any atom is -1.00 e. The van der Waals surface area contributed by atoms with Crippen molar-refractivity contribution in [3.8, 4) is 0 Å². The molecule has 1 rings (SSSR count). The van der Waals surface area contributed by atoms with Gasteiger partial charge in [-0.1, -0.05) is 6.07 Å². The maximum Gasteiger partial charge on any atom is 1.00 e. The fourth-order valence-corrected chi connectivity index (χ4v) is 0.313. The molecule has 1 aromatic rings. The quantitative estimate of drug-likeness (QED) is 0.345. The average Bonchev–Trinajstić information content (AvgIpc) is 1.90. The normalized spacial score (nSPS) is 6.17. The molecule has 1 heterocycles. The van der Waals surface area contributed by atoms with Crippen molar-refractivity contribution in [2.45, 2.75) is 0 Å². The molecule has 0 atom stereocenters. The Morgan fingerprint density at radius 2 is 1.50 bits per heavy atom. The smallest absolute Gasteiger partial charge is 1.00 e. The fourth-order valence-electron chi connectivity index (χ4n) is 0.313. The Morgan fingerprint density at radius 1 is 1.17 bits per heavy atom. The molecule has 64 valence electrons. The zero-order chi connectivity index (χ0) is 7.82. The van der Waals surface area contributed by atoms with Crippen LogP contribution in [0.15, 0.2) is 30.6 Å². The van der Waals surface area contributed by atoms with Gasteiger partial charge in [-0.25, -0.2) is 0 Å². The first-order chi connectivity index (χ1) is 4.73. The van der Waals surface area contributed by atoms with E-state index in [1.807, 2.05) is 18.2 Å². The van der Waals surface area contributed by atoms with Gasteiger partial charge in [0.05, 0.1) is 0 Å². The van der Waals surface area contributed by atoms with Crippen LogP contribution in [0, 0.1) is 0 Å². The summed E-state index contributed by atoms with van der Waals surface area (Å²) in [6.45, 7) is 0. The van der Waals surface area contributed by atoms with Crippen molar-refractivity contribution in [1.82, 2.24) is 4.98 Å². The molecule has 7 heteroatoms. The molecule has 0 fully saturated rings. The van der Waals surface area contributed by atoms with Gasteiger partial charge in [-0.05, 0) is 12.1 Å². The molecule has 0 saturated heterocycles. The third kappa shape index (κ3) is 22.5. The van der Waals surface area contributed by atoms with Crippen molar-refractivity contribution in [2.24, 2.45) is 0 Å². The summed E-state index contributed by atoms with van der Waals surface area (Å²) in [6, 6.07) is 5.72. The molecule has 4 N–H and O–H groups in total. The number of hydrogen-bond donors (Lipinski definition) is 2. The molecule has 0 aliphatic carbocycles. The SMILES string of the molecule is O.O=[P+](O)O.[H-].[Na+].c1ccncc1. The summed E-state index contributed by atoms with van der Waals surface area (Å²) in [5, 5.41) is 0. The molecule has 0 aromatic carbocycles. The van der Waals surface area contributed by atoms with Crippen molar-refractivity contribution in [3.05, 3.63) is 30.6 Å². The van der Waals surface area contributed by atoms with E-state index < -0.39 is 8.25 Å². The molecule has 0 aliphatic heterocycles. The number of nitrogens with zero attached hydrogens (tertiary/aromatic N) is 1. The van der Waals surface area contributed by atoms with Crippen LogP contribution in [-0.2, 0) is 4.57 Å². The van der Waals surface area contributed by atoms with E-state index in [1.54, 1.807) is 12.4 Å². The van der Waals surface area contributed by atoms with E-state index in [4.69, 9.17) is 14.4 Å². The Hall–Kier alpha value is 0.130. The minimum absolute atomic E-state index is 0. The van der Waals surface area contributed by atoms with Crippen LogP contribution in [0.5, 0.6) is 0 Å². The summed E-state index contributed by atoms with van der Waals surface area (Å²) >= 11 is 0.